The van der Waals surface area contributed by atoms with E-state index in [1.54, 1.807) is 12.1 Å². The molecule has 0 aliphatic heterocycles. The van der Waals surface area contributed by atoms with Crippen molar-refractivity contribution >= 4 is 5.69 Å². The maximum Gasteiger partial charge on any atom is 0.133 e. The zero-order chi connectivity index (χ0) is 10.8. The van der Waals surface area contributed by atoms with Crippen LogP contribution >= 0.6 is 0 Å². The van der Waals surface area contributed by atoms with Crippen LogP contribution in [0.15, 0.2) is 42.5 Å². The summed E-state index contributed by atoms with van der Waals surface area (Å²) in [6.45, 7) is 0. The van der Waals surface area contributed by atoms with Gasteiger partial charge in [0.1, 0.15) is 11.6 Å². The lowest BCUT2D eigenvalue weighted by Crippen LogP contribution is -1.89. The molecule has 2 N–H and O–H groups in total. The van der Waals surface area contributed by atoms with Gasteiger partial charge in [-0.2, -0.15) is 0 Å². The first-order valence-corrected chi connectivity index (χ1v) is 4.48. The van der Waals surface area contributed by atoms with E-state index >= 15 is 0 Å². The molecule has 15 heavy (non-hydrogen) atoms. The van der Waals surface area contributed by atoms with Crippen molar-refractivity contribution in [2.45, 2.75) is 0 Å². The first kappa shape index (κ1) is 9.65. The molecule has 3 heteroatoms. The SMILES string of the molecule is Nc1ccc(-c2ccc(F)cc2)c(F)c1. The van der Waals surface area contributed by atoms with Crippen molar-refractivity contribution in [1.29, 1.82) is 0 Å². The Labute approximate surface area is 86.2 Å². The van der Waals surface area contributed by atoms with Gasteiger partial charge in [-0.1, -0.05) is 12.1 Å². The van der Waals surface area contributed by atoms with E-state index < -0.39 is 5.82 Å². The second-order valence-corrected chi connectivity index (χ2v) is 3.25. The predicted molar refractivity (Wildman–Crippen MR) is 56.2 cm³/mol. The van der Waals surface area contributed by atoms with Gasteiger partial charge in [0.05, 0.1) is 0 Å². The van der Waals surface area contributed by atoms with E-state index in [2.05, 4.69) is 0 Å². The monoisotopic (exact) mass is 205 g/mol. The van der Waals surface area contributed by atoms with Crippen LogP contribution in [-0.4, -0.2) is 0 Å². The van der Waals surface area contributed by atoms with Gasteiger partial charge in [-0.3, -0.25) is 0 Å². The van der Waals surface area contributed by atoms with Gasteiger partial charge in [-0.25, -0.2) is 8.78 Å². The Hall–Kier alpha value is -1.90. The molecular weight excluding hydrogens is 196 g/mol. The summed E-state index contributed by atoms with van der Waals surface area (Å²) in [5.41, 5.74) is 6.86. The highest BCUT2D eigenvalue weighted by molar-refractivity contribution is 5.66. The van der Waals surface area contributed by atoms with Crippen molar-refractivity contribution in [3.63, 3.8) is 0 Å². The average Bonchev–Trinajstić information content (AvgIpc) is 2.20. The molecule has 0 aliphatic carbocycles. The maximum atomic E-state index is 13.5. The third kappa shape index (κ3) is 1.96. The molecule has 0 aliphatic rings. The van der Waals surface area contributed by atoms with Crippen LogP contribution in [0.4, 0.5) is 14.5 Å². The number of nitrogens with two attached hydrogens (primary N) is 1. The van der Waals surface area contributed by atoms with E-state index in [0.29, 0.717) is 16.8 Å². The molecule has 0 heterocycles. The van der Waals surface area contributed by atoms with Crippen LogP contribution < -0.4 is 5.73 Å². The van der Waals surface area contributed by atoms with Gasteiger partial charge in [0.15, 0.2) is 0 Å². The van der Waals surface area contributed by atoms with Crippen molar-refractivity contribution in [1.82, 2.24) is 0 Å². The number of halogens is 2. The second-order valence-electron chi connectivity index (χ2n) is 3.25. The topological polar surface area (TPSA) is 26.0 Å². The Morgan fingerprint density at radius 1 is 0.867 bits per heavy atom. The molecule has 0 amide bonds. The van der Waals surface area contributed by atoms with Crippen LogP contribution in [-0.2, 0) is 0 Å². The van der Waals surface area contributed by atoms with Gasteiger partial charge in [-0.15, -0.1) is 0 Å². The lowest BCUT2D eigenvalue weighted by Gasteiger charge is -2.04. The van der Waals surface area contributed by atoms with Crippen molar-refractivity contribution in [2.24, 2.45) is 0 Å². The summed E-state index contributed by atoms with van der Waals surface area (Å²) in [5.74, 6) is -0.740. The minimum Gasteiger partial charge on any atom is -0.399 e. The molecule has 0 unspecified atom stereocenters. The van der Waals surface area contributed by atoms with Crippen molar-refractivity contribution < 1.29 is 8.78 Å². The summed E-state index contributed by atoms with van der Waals surface area (Å²) in [4.78, 5) is 0. The molecule has 0 radical (unpaired) electrons. The summed E-state index contributed by atoms with van der Waals surface area (Å²) < 4.78 is 26.1. The molecule has 0 aromatic heterocycles. The number of hydrogen-bond donors (Lipinski definition) is 1. The van der Waals surface area contributed by atoms with E-state index in [9.17, 15) is 8.78 Å². The molecular formula is C12H9F2N. The fourth-order valence-electron chi connectivity index (χ4n) is 1.39. The van der Waals surface area contributed by atoms with Gasteiger partial charge in [0, 0.05) is 11.3 Å². The highest BCUT2D eigenvalue weighted by Crippen LogP contribution is 2.24. The molecule has 0 bridgehead atoms. The quantitative estimate of drug-likeness (QED) is 0.711. The standard InChI is InChI=1S/C12H9F2N/c13-9-3-1-8(2-4-9)11-6-5-10(15)7-12(11)14/h1-7H,15H2. The lowest BCUT2D eigenvalue weighted by atomic mass is 10.0. The largest absolute Gasteiger partial charge is 0.399 e. The lowest BCUT2D eigenvalue weighted by molar-refractivity contribution is 0.626. The van der Waals surface area contributed by atoms with Crippen LogP contribution in [0.25, 0.3) is 11.1 Å². The Bertz CT molecular complexity index is 477. The smallest absolute Gasteiger partial charge is 0.133 e. The number of hydrogen-bond acceptors (Lipinski definition) is 1. The molecule has 0 fully saturated rings. The Morgan fingerprint density at radius 2 is 1.53 bits per heavy atom. The van der Waals surface area contributed by atoms with E-state index in [1.165, 1.54) is 30.3 Å². The van der Waals surface area contributed by atoms with Gasteiger partial charge in [0.2, 0.25) is 0 Å². The van der Waals surface area contributed by atoms with Gasteiger partial charge >= 0.3 is 0 Å². The fourth-order valence-corrected chi connectivity index (χ4v) is 1.39. The summed E-state index contributed by atoms with van der Waals surface area (Å²) in [6, 6.07) is 10.1. The van der Waals surface area contributed by atoms with E-state index in [4.69, 9.17) is 5.73 Å². The average molecular weight is 205 g/mol. The molecule has 0 atom stereocenters. The predicted octanol–water partition coefficient (Wildman–Crippen LogP) is 3.21. The third-order valence-electron chi connectivity index (χ3n) is 2.15. The zero-order valence-electron chi connectivity index (χ0n) is 7.87. The molecule has 76 valence electrons. The van der Waals surface area contributed by atoms with Crippen LogP contribution in [0.1, 0.15) is 0 Å². The maximum absolute atomic E-state index is 13.5. The van der Waals surface area contributed by atoms with Crippen molar-refractivity contribution in [2.75, 3.05) is 5.73 Å². The van der Waals surface area contributed by atoms with E-state index in [0.717, 1.165) is 0 Å². The second kappa shape index (κ2) is 3.69. The summed E-state index contributed by atoms with van der Waals surface area (Å²) in [7, 11) is 0. The Morgan fingerprint density at radius 3 is 2.13 bits per heavy atom. The van der Waals surface area contributed by atoms with Crippen LogP contribution in [0.5, 0.6) is 0 Å². The normalized spacial score (nSPS) is 10.3. The van der Waals surface area contributed by atoms with Gasteiger partial charge in [-0.05, 0) is 35.9 Å². The minimum absolute atomic E-state index is 0.338. The van der Waals surface area contributed by atoms with Crippen LogP contribution in [0, 0.1) is 11.6 Å². The Balaban J connectivity index is 2.49. The number of benzene rings is 2. The third-order valence-corrected chi connectivity index (χ3v) is 2.15. The van der Waals surface area contributed by atoms with Crippen molar-refractivity contribution in [3.8, 4) is 11.1 Å². The minimum atomic E-state index is -0.401. The summed E-state index contributed by atoms with van der Waals surface area (Å²) in [5, 5.41) is 0. The van der Waals surface area contributed by atoms with Crippen LogP contribution in [0.2, 0.25) is 0 Å². The first-order valence-electron chi connectivity index (χ1n) is 4.48. The number of rotatable bonds is 1. The van der Waals surface area contributed by atoms with Crippen molar-refractivity contribution in [3.05, 3.63) is 54.1 Å². The highest BCUT2D eigenvalue weighted by Gasteiger charge is 2.04. The molecule has 2 aromatic rings. The molecule has 0 spiro atoms. The number of anilines is 1. The molecule has 2 rings (SSSR count). The zero-order valence-corrected chi connectivity index (χ0v) is 7.87. The van der Waals surface area contributed by atoms with Crippen LogP contribution in [0.3, 0.4) is 0 Å². The highest BCUT2D eigenvalue weighted by atomic mass is 19.1. The van der Waals surface area contributed by atoms with E-state index in [1.807, 2.05) is 0 Å². The van der Waals surface area contributed by atoms with Gasteiger partial charge < -0.3 is 5.73 Å². The molecule has 0 saturated heterocycles. The van der Waals surface area contributed by atoms with E-state index in [-0.39, 0.29) is 5.82 Å². The van der Waals surface area contributed by atoms with Gasteiger partial charge in [0.25, 0.3) is 0 Å². The molecule has 2 aromatic carbocycles. The molecule has 1 nitrogen and oxygen atoms in total. The number of nitrogen functional groups attached to an aromatic ring is 1. The fraction of sp³-hybridized carbons (Fsp3) is 0. The summed E-state index contributed by atoms with van der Waals surface area (Å²) >= 11 is 0. The first-order chi connectivity index (χ1) is 7.16. The molecule has 0 saturated carbocycles. The summed E-state index contributed by atoms with van der Waals surface area (Å²) in [6.07, 6.45) is 0. The Kier molecular flexibility index (Phi) is 2.37.